The van der Waals surface area contributed by atoms with Gasteiger partial charge in [-0.05, 0) is 92.4 Å². The molecule has 23 heavy (non-hydrogen) atoms. The monoisotopic (exact) mass is 316 g/mol. The number of allylic oxidation sites excluding steroid dienone is 1. The molecule has 0 heterocycles. The van der Waals surface area contributed by atoms with Crippen molar-refractivity contribution < 1.29 is 9.90 Å². The van der Waals surface area contributed by atoms with Crippen molar-refractivity contribution >= 4 is 5.78 Å². The van der Waals surface area contributed by atoms with Gasteiger partial charge in [-0.3, -0.25) is 4.79 Å². The van der Waals surface area contributed by atoms with Crippen LogP contribution in [0.4, 0.5) is 0 Å². The van der Waals surface area contributed by atoms with Crippen LogP contribution in [0.25, 0.3) is 0 Å². The van der Waals surface area contributed by atoms with E-state index in [9.17, 15) is 9.90 Å². The third-order valence-corrected chi connectivity index (χ3v) is 8.62. The Bertz CT molecular complexity index is 548. The zero-order chi connectivity index (χ0) is 16.4. The fraction of sp³-hybridized carbons (Fsp3) is 0.857. The normalized spacial score (nSPS) is 50.6. The van der Waals surface area contributed by atoms with Crippen LogP contribution in [0.2, 0.25) is 0 Å². The highest BCUT2D eigenvalue weighted by Gasteiger charge is 2.59. The Balaban J connectivity index is 1.66. The number of rotatable bonds is 1. The van der Waals surface area contributed by atoms with Crippen LogP contribution in [0.3, 0.4) is 0 Å². The fourth-order valence-electron chi connectivity index (χ4n) is 7.39. The lowest BCUT2D eigenvalue weighted by Crippen LogP contribution is -2.51. The molecule has 0 amide bonds. The van der Waals surface area contributed by atoms with E-state index in [0.29, 0.717) is 17.1 Å². The Morgan fingerprint density at radius 1 is 1.09 bits per heavy atom. The smallest absolute Gasteiger partial charge is 0.155 e. The van der Waals surface area contributed by atoms with Gasteiger partial charge in [-0.2, -0.15) is 0 Å². The van der Waals surface area contributed by atoms with Crippen LogP contribution in [0.5, 0.6) is 0 Å². The van der Waals surface area contributed by atoms with E-state index in [-0.39, 0.29) is 11.5 Å². The van der Waals surface area contributed by atoms with E-state index in [2.05, 4.69) is 13.8 Å². The molecule has 0 aromatic rings. The van der Waals surface area contributed by atoms with E-state index >= 15 is 0 Å². The quantitative estimate of drug-likeness (QED) is 0.772. The average molecular weight is 316 g/mol. The zero-order valence-electron chi connectivity index (χ0n) is 15.0. The summed E-state index contributed by atoms with van der Waals surface area (Å²) >= 11 is 0. The number of hydrogen-bond acceptors (Lipinski definition) is 2. The summed E-state index contributed by atoms with van der Waals surface area (Å²) in [7, 11) is 0. The summed E-state index contributed by atoms with van der Waals surface area (Å²) < 4.78 is 0. The Labute approximate surface area is 140 Å². The maximum atomic E-state index is 11.9. The van der Waals surface area contributed by atoms with Crippen LogP contribution in [-0.2, 0) is 4.79 Å². The summed E-state index contributed by atoms with van der Waals surface area (Å²) in [6.07, 6.45) is 11.1. The van der Waals surface area contributed by atoms with Crippen LogP contribution >= 0.6 is 0 Å². The van der Waals surface area contributed by atoms with Crippen molar-refractivity contribution in [1.82, 2.24) is 0 Å². The molecule has 0 radical (unpaired) electrons. The van der Waals surface area contributed by atoms with Crippen molar-refractivity contribution in [3.05, 3.63) is 11.6 Å². The molecule has 4 aliphatic carbocycles. The second-order valence-corrected chi connectivity index (χ2v) is 9.44. The molecular formula is C21H32O2. The lowest BCUT2D eigenvalue weighted by molar-refractivity contribution is -0.117. The first-order valence-electron chi connectivity index (χ1n) is 9.78. The van der Waals surface area contributed by atoms with Gasteiger partial charge < -0.3 is 5.11 Å². The molecule has 3 fully saturated rings. The van der Waals surface area contributed by atoms with Crippen molar-refractivity contribution in [1.29, 1.82) is 0 Å². The predicted molar refractivity (Wildman–Crippen MR) is 91.9 cm³/mol. The number of carbonyl (C=O) groups is 1. The highest BCUT2D eigenvalue weighted by Crippen LogP contribution is 2.66. The van der Waals surface area contributed by atoms with Gasteiger partial charge in [-0.1, -0.05) is 19.4 Å². The molecule has 0 aromatic heterocycles. The van der Waals surface area contributed by atoms with E-state index in [0.717, 1.165) is 37.0 Å². The second-order valence-electron chi connectivity index (χ2n) is 9.44. The van der Waals surface area contributed by atoms with Crippen LogP contribution < -0.4 is 0 Å². The molecule has 4 rings (SSSR count). The molecule has 4 aliphatic rings. The van der Waals surface area contributed by atoms with Crippen LogP contribution in [0.15, 0.2) is 11.6 Å². The number of hydrogen-bond donors (Lipinski definition) is 1. The van der Waals surface area contributed by atoms with E-state index < -0.39 is 0 Å². The number of aliphatic hydroxyl groups is 1. The minimum Gasteiger partial charge on any atom is -0.393 e. The Morgan fingerprint density at radius 3 is 2.61 bits per heavy atom. The van der Waals surface area contributed by atoms with E-state index in [4.69, 9.17) is 0 Å². The fourth-order valence-corrected chi connectivity index (χ4v) is 7.39. The van der Waals surface area contributed by atoms with Crippen molar-refractivity contribution in [2.24, 2.45) is 34.5 Å². The molecule has 2 heteroatoms. The Hall–Kier alpha value is -0.630. The SMILES string of the molecule is CC(O)[C@H]1CC[C@H]2[C@@H]3CCC4=CC(=O)CC[C@]4(C)[C@H]3CC[C@]12C. The van der Waals surface area contributed by atoms with Gasteiger partial charge >= 0.3 is 0 Å². The summed E-state index contributed by atoms with van der Waals surface area (Å²) in [5, 5.41) is 10.3. The molecule has 1 unspecified atom stereocenters. The molecule has 0 spiro atoms. The molecule has 2 nitrogen and oxygen atoms in total. The molecule has 0 bridgehead atoms. The highest BCUT2D eigenvalue weighted by molar-refractivity contribution is 5.91. The predicted octanol–water partition coefficient (Wildman–Crippen LogP) is 4.52. The summed E-state index contributed by atoms with van der Waals surface area (Å²) in [6.45, 7) is 6.92. The van der Waals surface area contributed by atoms with E-state index in [1.165, 1.54) is 37.7 Å². The first-order chi connectivity index (χ1) is 10.9. The van der Waals surface area contributed by atoms with Gasteiger partial charge in [0.1, 0.15) is 0 Å². The number of fused-ring (bicyclic) bond motifs is 5. The Kier molecular flexibility index (Phi) is 3.58. The van der Waals surface area contributed by atoms with E-state index in [1.54, 1.807) is 0 Å². The molecular weight excluding hydrogens is 284 g/mol. The van der Waals surface area contributed by atoms with Gasteiger partial charge in [0.15, 0.2) is 5.78 Å². The van der Waals surface area contributed by atoms with Crippen LogP contribution in [0, 0.1) is 34.5 Å². The molecule has 128 valence electrons. The standard InChI is InChI=1S/C21H32O2/c1-13(22)17-6-7-18-16-5-4-14-12-15(23)8-10-20(14,2)19(16)9-11-21(17,18)3/h12-13,16-19,22H,4-11H2,1-3H3/t13?,16-,17+,18-,19-,20-,21+/m0/s1. The maximum absolute atomic E-state index is 11.9. The summed E-state index contributed by atoms with van der Waals surface area (Å²) in [4.78, 5) is 11.9. The maximum Gasteiger partial charge on any atom is 0.155 e. The van der Waals surface area contributed by atoms with Crippen molar-refractivity contribution in [2.45, 2.75) is 78.2 Å². The minimum atomic E-state index is -0.163. The van der Waals surface area contributed by atoms with E-state index in [1.807, 2.05) is 13.0 Å². The van der Waals surface area contributed by atoms with Crippen molar-refractivity contribution in [2.75, 3.05) is 0 Å². The molecule has 0 aromatic carbocycles. The number of ketones is 1. The number of aliphatic hydroxyl groups excluding tert-OH is 1. The molecule has 0 saturated heterocycles. The summed E-state index contributed by atoms with van der Waals surface area (Å²) in [6, 6.07) is 0. The number of carbonyl (C=O) groups excluding carboxylic acids is 1. The van der Waals surface area contributed by atoms with Crippen molar-refractivity contribution in [3.8, 4) is 0 Å². The third kappa shape index (κ3) is 2.13. The van der Waals surface area contributed by atoms with Gasteiger partial charge in [0.2, 0.25) is 0 Å². The summed E-state index contributed by atoms with van der Waals surface area (Å²) in [5.41, 5.74) is 2.09. The lowest BCUT2D eigenvalue weighted by atomic mass is 9.46. The zero-order valence-corrected chi connectivity index (χ0v) is 15.0. The first-order valence-corrected chi connectivity index (χ1v) is 9.78. The Morgan fingerprint density at radius 2 is 1.87 bits per heavy atom. The largest absolute Gasteiger partial charge is 0.393 e. The van der Waals surface area contributed by atoms with Crippen molar-refractivity contribution in [3.63, 3.8) is 0 Å². The van der Waals surface area contributed by atoms with Gasteiger partial charge in [0.25, 0.3) is 0 Å². The van der Waals surface area contributed by atoms with Crippen LogP contribution in [0.1, 0.15) is 72.1 Å². The van der Waals surface area contributed by atoms with Gasteiger partial charge in [0, 0.05) is 6.42 Å². The molecule has 1 N–H and O–H groups in total. The molecule has 7 atom stereocenters. The lowest BCUT2D eigenvalue weighted by Gasteiger charge is -2.58. The average Bonchev–Trinajstić information content (AvgIpc) is 2.85. The second kappa shape index (κ2) is 5.18. The van der Waals surface area contributed by atoms with Crippen LogP contribution in [-0.4, -0.2) is 17.0 Å². The van der Waals surface area contributed by atoms with Gasteiger partial charge in [-0.25, -0.2) is 0 Å². The molecule has 0 aliphatic heterocycles. The van der Waals surface area contributed by atoms with Gasteiger partial charge in [-0.15, -0.1) is 0 Å². The topological polar surface area (TPSA) is 37.3 Å². The highest BCUT2D eigenvalue weighted by atomic mass is 16.3. The van der Waals surface area contributed by atoms with Gasteiger partial charge in [0.05, 0.1) is 6.10 Å². The minimum absolute atomic E-state index is 0.163. The first kappa shape index (κ1) is 15.9. The third-order valence-electron chi connectivity index (χ3n) is 8.62. The summed E-state index contributed by atoms with van der Waals surface area (Å²) in [5.74, 6) is 3.21. The molecule has 3 saturated carbocycles.